The van der Waals surface area contributed by atoms with Gasteiger partial charge in [-0.05, 0) is 48.7 Å². The average Bonchev–Trinajstić information content (AvgIpc) is 3.01. The zero-order valence-corrected chi connectivity index (χ0v) is 16.0. The first-order valence-corrected chi connectivity index (χ1v) is 9.26. The van der Waals surface area contributed by atoms with Crippen molar-refractivity contribution in [2.45, 2.75) is 25.8 Å². The standard InChI is InChI=1S/C23H20ClNO2/c1-14-7-9-18(15(2)11-14)23(13-17-5-3-4-6-21(17)25-23)19-10-8-16(22(26)27)12-20(19)24/h3-12,25H,13H2,1-2H3,(H,26,27). The minimum Gasteiger partial charge on any atom is -0.478 e. The Hall–Kier alpha value is -2.78. The second kappa shape index (κ2) is 6.43. The van der Waals surface area contributed by atoms with Gasteiger partial charge in [-0.2, -0.15) is 0 Å². The van der Waals surface area contributed by atoms with E-state index in [2.05, 4.69) is 49.5 Å². The molecule has 27 heavy (non-hydrogen) atoms. The van der Waals surface area contributed by atoms with Crippen LogP contribution >= 0.6 is 11.6 Å². The van der Waals surface area contributed by atoms with E-state index in [9.17, 15) is 9.90 Å². The maximum atomic E-state index is 11.3. The van der Waals surface area contributed by atoms with Crippen molar-refractivity contribution in [3.8, 4) is 0 Å². The molecule has 1 heterocycles. The van der Waals surface area contributed by atoms with Crippen LogP contribution in [0, 0.1) is 13.8 Å². The molecule has 0 amide bonds. The van der Waals surface area contributed by atoms with E-state index in [4.69, 9.17) is 11.6 Å². The summed E-state index contributed by atoms with van der Waals surface area (Å²) in [5.74, 6) is -0.980. The van der Waals surface area contributed by atoms with Gasteiger partial charge < -0.3 is 10.4 Å². The van der Waals surface area contributed by atoms with E-state index in [1.165, 1.54) is 22.8 Å². The summed E-state index contributed by atoms with van der Waals surface area (Å²) in [5.41, 5.74) is 6.37. The van der Waals surface area contributed by atoms with Crippen LogP contribution in [0.2, 0.25) is 5.02 Å². The third kappa shape index (κ3) is 2.88. The lowest BCUT2D eigenvalue weighted by Crippen LogP contribution is -2.36. The number of hydrogen-bond acceptors (Lipinski definition) is 2. The second-order valence-electron chi connectivity index (χ2n) is 7.18. The fourth-order valence-electron chi connectivity index (χ4n) is 4.11. The highest BCUT2D eigenvalue weighted by Crippen LogP contribution is 2.47. The third-order valence-electron chi connectivity index (χ3n) is 5.34. The van der Waals surface area contributed by atoms with Crippen LogP contribution in [-0.2, 0) is 12.0 Å². The molecule has 4 heteroatoms. The molecule has 2 N–H and O–H groups in total. The van der Waals surface area contributed by atoms with Gasteiger partial charge in [0.05, 0.1) is 11.1 Å². The lowest BCUT2D eigenvalue weighted by Gasteiger charge is -2.34. The first-order valence-electron chi connectivity index (χ1n) is 8.88. The predicted octanol–water partition coefficient (Wildman–Crippen LogP) is 5.57. The normalized spacial score (nSPS) is 18.0. The summed E-state index contributed by atoms with van der Waals surface area (Å²) in [7, 11) is 0. The quantitative estimate of drug-likeness (QED) is 0.627. The number of aryl methyl sites for hydroxylation is 2. The summed E-state index contributed by atoms with van der Waals surface area (Å²) in [6.45, 7) is 4.18. The number of hydrogen-bond donors (Lipinski definition) is 2. The Morgan fingerprint density at radius 2 is 1.78 bits per heavy atom. The van der Waals surface area contributed by atoms with Crippen molar-refractivity contribution in [3.63, 3.8) is 0 Å². The van der Waals surface area contributed by atoms with Crippen molar-refractivity contribution in [2.75, 3.05) is 5.32 Å². The number of fused-ring (bicyclic) bond motifs is 1. The molecule has 136 valence electrons. The largest absolute Gasteiger partial charge is 0.478 e. The Morgan fingerprint density at radius 3 is 2.44 bits per heavy atom. The summed E-state index contributed by atoms with van der Waals surface area (Å²) in [5, 5.41) is 13.4. The van der Waals surface area contributed by atoms with Gasteiger partial charge in [-0.25, -0.2) is 4.79 Å². The van der Waals surface area contributed by atoms with Crippen LogP contribution in [0.5, 0.6) is 0 Å². The molecule has 3 aromatic carbocycles. The Labute approximate surface area is 163 Å². The maximum Gasteiger partial charge on any atom is 0.335 e. The molecule has 3 nitrogen and oxygen atoms in total. The second-order valence-corrected chi connectivity index (χ2v) is 7.59. The average molecular weight is 378 g/mol. The Bertz CT molecular complexity index is 1030. The van der Waals surface area contributed by atoms with Crippen LogP contribution in [0.4, 0.5) is 5.69 Å². The van der Waals surface area contributed by atoms with E-state index in [1.807, 2.05) is 18.2 Å². The number of halogens is 1. The highest BCUT2D eigenvalue weighted by atomic mass is 35.5. The molecular weight excluding hydrogens is 358 g/mol. The highest BCUT2D eigenvalue weighted by Gasteiger charge is 2.42. The molecule has 0 fully saturated rings. The van der Waals surface area contributed by atoms with E-state index in [-0.39, 0.29) is 5.56 Å². The van der Waals surface area contributed by atoms with E-state index < -0.39 is 11.5 Å². The molecule has 1 atom stereocenters. The van der Waals surface area contributed by atoms with Crippen molar-refractivity contribution in [1.29, 1.82) is 0 Å². The van der Waals surface area contributed by atoms with Gasteiger partial charge in [-0.3, -0.25) is 0 Å². The van der Waals surface area contributed by atoms with Crippen molar-refractivity contribution in [3.05, 3.63) is 99.1 Å². The van der Waals surface area contributed by atoms with Crippen molar-refractivity contribution < 1.29 is 9.90 Å². The summed E-state index contributed by atoms with van der Waals surface area (Å²) < 4.78 is 0. The van der Waals surface area contributed by atoms with Crippen LogP contribution in [0.25, 0.3) is 0 Å². The first kappa shape index (κ1) is 17.6. The molecule has 0 bridgehead atoms. The Morgan fingerprint density at radius 1 is 1.04 bits per heavy atom. The summed E-state index contributed by atoms with van der Waals surface area (Å²) in [4.78, 5) is 11.3. The number of carboxylic acids is 1. The molecule has 4 rings (SSSR count). The number of aromatic carboxylic acids is 1. The molecule has 0 aromatic heterocycles. The molecule has 0 spiro atoms. The van der Waals surface area contributed by atoms with Gasteiger partial charge in [0.2, 0.25) is 0 Å². The van der Waals surface area contributed by atoms with Gasteiger partial charge in [0.25, 0.3) is 0 Å². The van der Waals surface area contributed by atoms with E-state index >= 15 is 0 Å². The molecule has 1 unspecified atom stereocenters. The van der Waals surface area contributed by atoms with Crippen LogP contribution in [0.3, 0.4) is 0 Å². The molecule has 1 aliphatic heterocycles. The first-order chi connectivity index (χ1) is 12.9. The summed E-state index contributed by atoms with van der Waals surface area (Å²) in [6.07, 6.45) is 0.749. The highest BCUT2D eigenvalue weighted by molar-refractivity contribution is 6.32. The van der Waals surface area contributed by atoms with Crippen molar-refractivity contribution in [1.82, 2.24) is 0 Å². The minimum absolute atomic E-state index is 0.190. The van der Waals surface area contributed by atoms with Crippen LogP contribution < -0.4 is 5.32 Å². The topological polar surface area (TPSA) is 49.3 Å². The number of carboxylic acid groups (broad SMARTS) is 1. The fraction of sp³-hybridized carbons (Fsp3) is 0.174. The number of para-hydroxylation sites is 1. The molecule has 0 saturated heterocycles. The number of anilines is 1. The number of nitrogens with one attached hydrogen (secondary N) is 1. The Balaban J connectivity index is 1.95. The maximum absolute atomic E-state index is 11.3. The van der Waals surface area contributed by atoms with Crippen LogP contribution in [-0.4, -0.2) is 11.1 Å². The SMILES string of the molecule is Cc1ccc(C2(c3ccc(C(=O)O)cc3Cl)Cc3ccccc3N2)c(C)c1. The van der Waals surface area contributed by atoms with Gasteiger partial charge in [0.1, 0.15) is 0 Å². The number of benzene rings is 3. The van der Waals surface area contributed by atoms with Gasteiger partial charge >= 0.3 is 5.97 Å². The van der Waals surface area contributed by atoms with Gasteiger partial charge in [-0.15, -0.1) is 0 Å². The monoisotopic (exact) mass is 377 g/mol. The lowest BCUT2D eigenvalue weighted by atomic mass is 9.78. The zero-order chi connectivity index (χ0) is 19.2. The van der Waals surface area contributed by atoms with Gasteiger partial charge in [0.15, 0.2) is 0 Å². The Kier molecular flexibility index (Phi) is 4.20. The third-order valence-corrected chi connectivity index (χ3v) is 5.65. The van der Waals surface area contributed by atoms with Gasteiger partial charge in [-0.1, -0.05) is 59.6 Å². The van der Waals surface area contributed by atoms with E-state index in [1.54, 1.807) is 6.07 Å². The van der Waals surface area contributed by atoms with Crippen molar-refractivity contribution in [2.24, 2.45) is 0 Å². The molecule has 1 aliphatic rings. The zero-order valence-electron chi connectivity index (χ0n) is 15.2. The smallest absolute Gasteiger partial charge is 0.335 e. The summed E-state index contributed by atoms with van der Waals surface area (Å²) in [6, 6.07) is 19.7. The van der Waals surface area contributed by atoms with E-state index in [0.717, 1.165) is 23.2 Å². The minimum atomic E-state index is -0.980. The molecule has 0 radical (unpaired) electrons. The molecule has 0 saturated carbocycles. The number of rotatable bonds is 3. The summed E-state index contributed by atoms with van der Waals surface area (Å²) >= 11 is 6.62. The fourth-order valence-corrected chi connectivity index (χ4v) is 4.45. The number of carbonyl (C=O) groups is 1. The van der Waals surface area contributed by atoms with Crippen LogP contribution in [0.1, 0.15) is 38.2 Å². The van der Waals surface area contributed by atoms with Crippen molar-refractivity contribution >= 4 is 23.3 Å². The lowest BCUT2D eigenvalue weighted by molar-refractivity contribution is 0.0697. The van der Waals surface area contributed by atoms with Crippen LogP contribution in [0.15, 0.2) is 60.7 Å². The predicted molar refractivity (Wildman–Crippen MR) is 109 cm³/mol. The van der Waals surface area contributed by atoms with E-state index in [0.29, 0.717) is 5.02 Å². The van der Waals surface area contributed by atoms with Gasteiger partial charge in [0, 0.05) is 22.7 Å². The molecule has 0 aliphatic carbocycles. The molecular formula is C23H20ClNO2. The molecule has 3 aromatic rings.